The van der Waals surface area contributed by atoms with Crippen LogP contribution in [0.5, 0.6) is 0 Å². The van der Waals surface area contributed by atoms with Crippen molar-refractivity contribution in [3.8, 4) is 0 Å². The Kier molecular flexibility index (Phi) is 2.71. The van der Waals surface area contributed by atoms with Gasteiger partial charge < -0.3 is 10.6 Å². The van der Waals surface area contributed by atoms with Crippen LogP contribution in [0.3, 0.4) is 0 Å². The third kappa shape index (κ3) is 1.95. The summed E-state index contributed by atoms with van der Waals surface area (Å²) in [6.07, 6.45) is 0. The topological polar surface area (TPSA) is 41.1 Å². The van der Waals surface area contributed by atoms with Gasteiger partial charge in [-0.05, 0) is 24.1 Å². The van der Waals surface area contributed by atoms with E-state index in [1.165, 1.54) is 6.07 Å². The Morgan fingerprint density at radius 1 is 1.11 bits per heavy atom. The van der Waals surface area contributed by atoms with Crippen LogP contribution in [0.15, 0.2) is 42.5 Å². The Labute approximate surface area is 110 Å². The summed E-state index contributed by atoms with van der Waals surface area (Å²) in [6, 6.07) is 11.7. The second-order valence-electron chi connectivity index (χ2n) is 4.60. The van der Waals surface area contributed by atoms with E-state index in [4.69, 9.17) is 0 Å². The lowest BCUT2D eigenvalue weighted by molar-refractivity contribution is 0.248. The number of hydrogen-bond donors (Lipinski definition) is 2. The highest BCUT2D eigenvalue weighted by Crippen LogP contribution is 2.35. The van der Waals surface area contributed by atoms with Crippen LogP contribution in [0.1, 0.15) is 22.7 Å². The van der Waals surface area contributed by atoms with Gasteiger partial charge in [-0.1, -0.05) is 36.4 Å². The second kappa shape index (κ2) is 4.39. The van der Waals surface area contributed by atoms with Crippen molar-refractivity contribution in [2.75, 3.05) is 5.32 Å². The molecule has 1 unspecified atom stereocenters. The van der Waals surface area contributed by atoms with Crippen molar-refractivity contribution in [2.45, 2.75) is 13.0 Å². The number of rotatable bonds is 1. The first kappa shape index (κ1) is 11.7. The van der Waals surface area contributed by atoms with E-state index in [9.17, 15) is 9.18 Å². The molecule has 0 aliphatic carbocycles. The van der Waals surface area contributed by atoms with Gasteiger partial charge in [-0.3, -0.25) is 0 Å². The average Bonchev–Trinajstić information content (AvgIpc) is 2.43. The fourth-order valence-corrected chi connectivity index (χ4v) is 2.40. The molecule has 2 aromatic carbocycles. The summed E-state index contributed by atoms with van der Waals surface area (Å²) in [5.74, 6) is -0.318. The third-order valence-electron chi connectivity index (χ3n) is 3.34. The first-order chi connectivity index (χ1) is 9.16. The number of carbonyl (C=O) groups excluding carboxylic acids is 1. The smallest absolute Gasteiger partial charge is 0.320 e. The number of urea groups is 1. The fourth-order valence-electron chi connectivity index (χ4n) is 2.40. The van der Waals surface area contributed by atoms with Gasteiger partial charge in [0.25, 0.3) is 0 Å². The molecule has 0 spiro atoms. The Morgan fingerprint density at radius 3 is 2.58 bits per heavy atom. The number of amides is 2. The molecule has 3 nitrogen and oxygen atoms in total. The zero-order valence-corrected chi connectivity index (χ0v) is 10.4. The number of halogens is 1. The van der Waals surface area contributed by atoms with Gasteiger partial charge in [0.15, 0.2) is 0 Å². The van der Waals surface area contributed by atoms with Gasteiger partial charge in [-0.15, -0.1) is 0 Å². The Balaban J connectivity index is 2.20. The van der Waals surface area contributed by atoms with E-state index in [2.05, 4.69) is 10.6 Å². The molecule has 0 saturated heterocycles. The molecule has 0 bridgehead atoms. The molecule has 2 aromatic rings. The first-order valence-corrected chi connectivity index (χ1v) is 6.08. The van der Waals surface area contributed by atoms with Crippen molar-refractivity contribution in [1.29, 1.82) is 0 Å². The zero-order valence-electron chi connectivity index (χ0n) is 10.4. The van der Waals surface area contributed by atoms with Crippen LogP contribution in [0.2, 0.25) is 0 Å². The normalized spacial score (nSPS) is 17.4. The van der Waals surface area contributed by atoms with Crippen LogP contribution in [-0.4, -0.2) is 6.03 Å². The van der Waals surface area contributed by atoms with Gasteiger partial charge in [0.1, 0.15) is 5.82 Å². The van der Waals surface area contributed by atoms with Gasteiger partial charge in [0.2, 0.25) is 0 Å². The predicted molar refractivity (Wildman–Crippen MR) is 71.6 cm³/mol. The molecule has 2 amide bonds. The van der Waals surface area contributed by atoms with Gasteiger partial charge in [0, 0.05) is 5.56 Å². The highest BCUT2D eigenvalue weighted by molar-refractivity contribution is 5.94. The fraction of sp³-hybridized carbons (Fsp3) is 0.133. The number of hydrogen-bond acceptors (Lipinski definition) is 1. The third-order valence-corrected chi connectivity index (χ3v) is 3.34. The molecule has 1 aliphatic heterocycles. The molecule has 4 heteroatoms. The summed E-state index contributed by atoms with van der Waals surface area (Å²) in [5.41, 5.74) is 2.78. The molecule has 2 N–H and O–H groups in total. The Bertz CT molecular complexity index is 640. The summed E-state index contributed by atoms with van der Waals surface area (Å²) in [5, 5.41) is 5.45. The van der Waals surface area contributed by atoms with E-state index in [1.54, 1.807) is 6.07 Å². The number of nitrogens with one attached hydrogen (secondary N) is 2. The molecular formula is C15H13FN2O. The zero-order chi connectivity index (χ0) is 13.4. The maximum absolute atomic E-state index is 14.1. The van der Waals surface area contributed by atoms with Crippen molar-refractivity contribution in [2.24, 2.45) is 0 Å². The summed E-state index contributed by atoms with van der Waals surface area (Å²) >= 11 is 0. The second-order valence-corrected chi connectivity index (χ2v) is 4.60. The largest absolute Gasteiger partial charge is 0.327 e. The molecule has 0 radical (unpaired) electrons. The predicted octanol–water partition coefficient (Wildman–Crippen LogP) is 3.36. The minimum Gasteiger partial charge on any atom is -0.327 e. The highest BCUT2D eigenvalue weighted by Gasteiger charge is 2.29. The Morgan fingerprint density at radius 2 is 1.84 bits per heavy atom. The van der Waals surface area contributed by atoms with Crippen LogP contribution < -0.4 is 10.6 Å². The molecule has 3 rings (SSSR count). The maximum atomic E-state index is 14.1. The van der Waals surface area contributed by atoms with E-state index in [0.29, 0.717) is 11.3 Å². The minimum atomic E-state index is -0.454. The summed E-state index contributed by atoms with van der Waals surface area (Å²) in [6.45, 7) is 1.85. The molecule has 19 heavy (non-hydrogen) atoms. The van der Waals surface area contributed by atoms with Crippen LogP contribution in [0.25, 0.3) is 0 Å². The standard InChI is InChI=1S/C15H13FN2O/c1-9-7-8-11(16)12-13(9)17-15(19)18-14(12)10-5-3-2-4-6-10/h2-8,14H,1H3,(H2,17,18,19). The van der Waals surface area contributed by atoms with Gasteiger partial charge in [-0.25, -0.2) is 9.18 Å². The quantitative estimate of drug-likeness (QED) is 0.807. The van der Waals surface area contributed by atoms with E-state index >= 15 is 0 Å². The van der Waals surface area contributed by atoms with Crippen molar-refractivity contribution in [3.63, 3.8) is 0 Å². The molecule has 1 heterocycles. The summed E-state index contributed by atoms with van der Waals surface area (Å²) in [7, 11) is 0. The number of fused-ring (bicyclic) bond motifs is 1. The number of anilines is 1. The monoisotopic (exact) mass is 256 g/mol. The number of aryl methyl sites for hydroxylation is 1. The van der Waals surface area contributed by atoms with Crippen molar-refractivity contribution in [3.05, 3.63) is 65.0 Å². The molecule has 1 atom stereocenters. The number of benzene rings is 2. The highest BCUT2D eigenvalue weighted by atomic mass is 19.1. The molecule has 96 valence electrons. The van der Waals surface area contributed by atoms with E-state index in [-0.39, 0.29) is 11.8 Å². The van der Waals surface area contributed by atoms with Gasteiger partial charge in [-0.2, -0.15) is 0 Å². The van der Waals surface area contributed by atoms with Crippen LogP contribution in [0, 0.1) is 12.7 Å². The maximum Gasteiger partial charge on any atom is 0.320 e. The van der Waals surface area contributed by atoms with E-state index in [0.717, 1.165) is 11.1 Å². The SMILES string of the molecule is Cc1ccc(F)c2c1NC(=O)NC2c1ccccc1. The van der Waals surface area contributed by atoms with Crippen LogP contribution in [0.4, 0.5) is 14.9 Å². The van der Waals surface area contributed by atoms with E-state index < -0.39 is 6.04 Å². The van der Waals surface area contributed by atoms with Crippen molar-refractivity contribution in [1.82, 2.24) is 5.32 Å². The lowest BCUT2D eigenvalue weighted by Crippen LogP contribution is -2.39. The van der Waals surface area contributed by atoms with Gasteiger partial charge in [0.05, 0.1) is 11.7 Å². The first-order valence-electron chi connectivity index (χ1n) is 6.08. The van der Waals surface area contributed by atoms with Crippen molar-refractivity contribution >= 4 is 11.7 Å². The lowest BCUT2D eigenvalue weighted by Gasteiger charge is -2.29. The molecule has 0 fully saturated rings. The summed E-state index contributed by atoms with van der Waals surface area (Å²) < 4.78 is 14.1. The van der Waals surface area contributed by atoms with Crippen LogP contribution >= 0.6 is 0 Å². The summed E-state index contributed by atoms with van der Waals surface area (Å²) in [4.78, 5) is 11.7. The lowest BCUT2D eigenvalue weighted by atomic mass is 9.93. The Hall–Kier alpha value is -2.36. The molecule has 0 saturated carbocycles. The average molecular weight is 256 g/mol. The van der Waals surface area contributed by atoms with Crippen LogP contribution in [-0.2, 0) is 0 Å². The molecule has 0 aromatic heterocycles. The van der Waals surface area contributed by atoms with Crippen molar-refractivity contribution < 1.29 is 9.18 Å². The molecule has 1 aliphatic rings. The van der Waals surface area contributed by atoms with Gasteiger partial charge >= 0.3 is 6.03 Å². The minimum absolute atomic E-state index is 0.310. The van der Waals surface area contributed by atoms with E-state index in [1.807, 2.05) is 37.3 Å². The number of carbonyl (C=O) groups is 1. The molecular weight excluding hydrogens is 243 g/mol.